The second-order valence-corrected chi connectivity index (χ2v) is 5.90. The van der Waals surface area contributed by atoms with Gasteiger partial charge in [0.05, 0.1) is 6.54 Å². The zero-order valence-electron chi connectivity index (χ0n) is 11.6. The lowest BCUT2D eigenvalue weighted by Gasteiger charge is -2.29. The van der Waals surface area contributed by atoms with Gasteiger partial charge in [0.25, 0.3) is 0 Å². The van der Waals surface area contributed by atoms with Crippen molar-refractivity contribution in [1.29, 1.82) is 0 Å². The molecule has 0 saturated carbocycles. The van der Waals surface area contributed by atoms with E-state index < -0.39 is 0 Å². The lowest BCUT2D eigenvalue weighted by Crippen LogP contribution is -2.47. The molecule has 5 heteroatoms. The van der Waals surface area contributed by atoms with E-state index in [1.54, 1.807) is 0 Å². The van der Waals surface area contributed by atoms with Crippen molar-refractivity contribution in [2.75, 3.05) is 37.6 Å². The van der Waals surface area contributed by atoms with Crippen molar-refractivity contribution >= 4 is 23.2 Å². The maximum absolute atomic E-state index is 11.5. The van der Waals surface area contributed by atoms with Gasteiger partial charge in [0.1, 0.15) is 0 Å². The molecule has 1 aromatic rings. The van der Waals surface area contributed by atoms with Crippen molar-refractivity contribution in [2.45, 2.75) is 19.4 Å². The molecule has 2 fully saturated rings. The number of carbonyl (C=O) groups is 1. The Labute approximate surface area is 124 Å². The van der Waals surface area contributed by atoms with Crippen LogP contribution in [0.5, 0.6) is 0 Å². The minimum atomic E-state index is 0.103. The number of anilines is 1. The molecule has 3 rings (SSSR count). The van der Waals surface area contributed by atoms with E-state index >= 15 is 0 Å². The first-order chi connectivity index (χ1) is 9.74. The number of rotatable bonds is 3. The molecule has 2 aliphatic heterocycles. The summed E-state index contributed by atoms with van der Waals surface area (Å²) in [6.45, 7) is 5.03. The number of halogens is 1. The molecular formula is C15H20ClN3O. The molecule has 1 aromatic carbocycles. The van der Waals surface area contributed by atoms with Crippen LogP contribution >= 0.6 is 11.6 Å². The number of hydrogen-bond acceptors (Lipinski definition) is 3. The van der Waals surface area contributed by atoms with Crippen molar-refractivity contribution in [2.24, 2.45) is 0 Å². The molecular weight excluding hydrogens is 274 g/mol. The second-order valence-electron chi connectivity index (χ2n) is 5.49. The SMILES string of the molecule is O=C1CN(Cc2c(Cl)cccc2N2CCCC2)CCN1. The van der Waals surface area contributed by atoms with Crippen LogP contribution in [-0.2, 0) is 11.3 Å². The second kappa shape index (κ2) is 6.02. The van der Waals surface area contributed by atoms with Crippen molar-refractivity contribution < 1.29 is 4.79 Å². The van der Waals surface area contributed by atoms with Crippen LogP contribution in [0.3, 0.4) is 0 Å². The zero-order valence-corrected chi connectivity index (χ0v) is 12.3. The van der Waals surface area contributed by atoms with Crippen LogP contribution in [0.1, 0.15) is 18.4 Å². The average molecular weight is 294 g/mol. The summed E-state index contributed by atoms with van der Waals surface area (Å²) >= 11 is 6.41. The number of nitrogens with one attached hydrogen (secondary N) is 1. The van der Waals surface area contributed by atoms with Gasteiger partial charge in [-0.15, -0.1) is 0 Å². The zero-order chi connectivity index (χ0) is 13.9. The van der Waals surface area contributed by atoms with E-state index in [4.69, 9.17) is 11.6 Å². The average Bonchev–Trinajstić information content (AvgIpc) is 2.95. The summed E-state index contributed by atoms with van der Waals surface area (Å²) in [5.74, 6) is 0.103. The largest absolute Gasteiger partial charge is 0.371 e. The third-order valence-electron chi connectivity index (χ3n) is 4.04. The van der Waals surface area contributed by atoms with E-state index in [9.17, 15) is 4.79 Å². The molecule has 0 unspecified atom stereocenters. The van der Waals surface area contributed by atoms with Crippen LogP contribution in [0.4, 0.5) is 5.69 Å². The number of carbonyl (C=O) groups excluding carboxylic acids is 1. The highest BCUT2D eigenvalue weighted by molar-refractivity contribution is 6.31. The van der Waals surface area contributed by atoms with Crippen molar-refractivity contribution in [3.8, 4) is 0 Å². The molecule has 2 saturated heterocycles. The lowest BCUT2D eigenvalue weighted by molar-refractivity contribution is -0.124. The molecule has 4 nitrogen and oxygen atoms in total. The fourth-order valence-corrected chi connectivity index (χ4v) is 3.24. The Morgan fingerprint density at radius 1 is 1.20 bits per heavy atom. The molecule has 1 N–H and O–H groups in total. The van der Waals surface area contributed by atoms with Crippen molar-refractivity contribution in [3.63, 3.8) is 0 Å². The minimum Gasteiger partial charge on any atom is -0.371 e. The Balaban J connectivity index is 1.82. The molecule has 2 aliphatic rings. The topological polar surface area (TPSA) is 35.6 Å². The Kier molecular flexibility index (Phi) is 4.13. The lowest BCUT2D eigenvalue weighted by atomic mass is 10.1. The van der Waals surface area contributed by atoms with Crippen LogP contribution in [0.15, 0.2) is 18.2 Å². The van der Waals surface area contributed by atoms with E-state index in [0.29, 0.717) is 6.54 Å². The van der Waals surface area contributed by atoms with Gasteiger partial charge in [0.15, 0.2) is 0 Å². The van der Waals surface area contributed by atoms with Gasteiger partial charge in [-0.1, -0.05) is 17.7 Å². The summed E-state index contributed by atoms with van der Waals surface area (Å²) in [6, 6.07) is 6.11. The van der Waals surface area contributed by atoms with Crippen LogP contribution in [0, 0.1) is 0 Å². The van der Waals surface area contributed by atoms with Gasteiger partial charge >= 0.3 is 0 Å². The number of benzene rings is 1. The van der Waals surface area contributed by atoms with Crippen LogP contribution < -0.4 is 10.2 Å². The molecule has 0 aromatic heterocycles. The predicted octanol–water partition coefficient (Wildman–Crippen LogP) is 1.87. The molecule has 0 aliphatic carbocycles. The fraction of sp³-hybridized carbons (Fsp3) is 0.533. The van der Waals surface area contributed by atoms with E-state index in [1.807, 2.05) is 12.1 Å². The van der Waals surface area contributed by atoms with Crippen LogP contribution in [-0.4, -0.2) is 43.5 Å². The van der Waals surface area contributed by atoms with Gasteiger partial charge in [0.2, 0.25) is 5.91 Å². The molecule has 2 heterocycles. The number of piperazine rings is 1. The van der Waals surface area contributed by atoms with E-state index in [-0.39, 0.29) is 5.91 Å². The highest BCUT2D eigenvalue weighted by Gasteiger charge is 2.21. The van der Waals surface area contributed by atoms with Gasteiger partial charge in [-0.2, -0.15) is 0 Å². The monoisotopic (exact) mass is 293 g/mol. The third-order valence-corrected chi connectivity index (χ3v) is 4.39. The summed E-state index contributed by atoms with van der Waals surface area (Å²) in [5.41, 5.74) is 2.40. The minimum absolute atomic E-state index is 0.103. The Hall–Kier alpha value is -1.26. The predicted molar refractivity (Wildman–Crippen MR) is 81.2 cm³/mol. The first-order valence-electron chi connectivity index (χ1n) is 7.25. The summed E-state index contributed by atoms with van der Waals surface area (Å²) in [5, 5.41) is 3.66. The van der Waals surface area contributed by atoms with Gasteiger partial charge in [-0.25, -0.2) is 0 Å². The quantitative estimate of drug-likeness (QED) is 0.924. The van der Waals surface area contributed by atoms with E-state index in [0.717, 1.165) is 43.3 Å². The molecule has 0 radical (unpaired) electrons. The number of nitrogens with zero attached hydrogens (tertiary/aromatic N) is 2. The fourth-order valence-electron chi connectivity index (χ4n) is 3.01. The first-order valence-corrected chi connectivity index (χ1v) is 7.63. The molecule has 108 valence electrons. The van der Waals surface area contributed by atoms with E-state index in [1.165, 1.54) is 18.5 Å². The highest BCUT2D eigenvalue weighted by Crippen LogP contribution is 2.31. The maximum atomic E-state index is 11.5. The van der Waals surface area contributed by atoms with E-state index in [2.05, 4.69) is 21.2 Å². The normalized spacial score (nSPS) is 20.2. The number of amides is 1. The van der Waals surface area contributed by atoms with Crippen molar-refractivity contribution in [1.82, 2.24) is 10.2 Å². The smallest absolute Gasteiger partial charge is 0.234 e. The summed E-state index contributed by atoms with van der Waals surface area (Å²) < 4.78 is 0. The standard InChI is InChI=1S/C15H20ClN3O/c16-13-4-3-5-14(19-7-1-2-8-19)12(13)10-18-9-6-17-15(20)11-18/h3-5H,1-2,6-11H2,(H,17,20). The highest BCUT2D eigenvalue weighted by atomic mass is 35.5. The summed E-state index contributed by atoms with van der Waals surface area (Å²) in [6.07, 6.45) is 2.50. The van der Waals surface area contributed by atoms with Crippen LogP contribution in [0.25, 0.3) is 0 Å². The third kappa shape index (κ3) is 2.91. The number of hydrogen-bond donors (Lipinski definition) is 1. The maximum Gasteiger partial charge on any atom is 0.234 e. The molecule has 0 atom stereocenters. The molecule has 0 spiro atoms. The molecule has 0 bridgehead atoms. The Morgan fingerprint density at radius 3 is 2.75 bits per heavy atom. The first kappa shape index (κ1) is 13.7. The molecule has 1 amide bonds. The Bertz CT molecular complexity index is 500. The summed E-state index contributed by atoms with van der Waals surface area (Å²) in [7, 11) is 0. The van der Waals surface area contributed by atoms with Gasteiger partial charge in [-0.05, 0) is 25.0 Å². The van der Waals surface area contributed by atoms with Crippen molar-refractivity contribution in [3.05, 3.63) is 28.8 Å². The molecule has 20 heavy (non-hydrogen) atoms. The van der Waals surface area contributed by atoms with Gasteiger partial charge in [0, 0.05) is 49.0 Å². The van der Waals surface area contributed by atoms with Crippen LogP contribution in [0.2, 0.25) is 5.02 Å². The van der Waals surface area contributed by atoms with Gasteiger partial charge in [-0.3, -0.25) is 9.69 Å². The van der Waals surface area contributed by atoms with Gasteiger partial charge < -0.3 is 10.2 Å². The summed E-state index contributed by atoms with van der Waals surface area (Å²) in [4.78, 5) is 16.1. The Morgan fingerprint density at radius 2 is 2.00 bits per heavy atom.